The molecule has 1 unspecified atom stereocenters. The Morgan fingerprint density at radius 1 is 0.328 bits per heavy atom. The van der Waals surface area contributed by atoms with E-state index in [1.54, 1.807) is 0 Å². The minimum atomic E-state index is -0.680. The van der Waals surface area contributed by atoms with Crippen molar-refractivity contribution in [1.29, 1.82) is 0 Å². The molecule has 0 aromatic carbocycles. The summed E-state index contributed by atoms with van der Waals surface area (Å²) in [4.78, 5) is 32.5. The Hall–Kier alpha value is -0.590. The number of rotatable bonds is 49. The molecule has 0 heterocycles. The molecule has 1 atom stereocenters. The van der Waals surface area contributed by atoms with Crippen molar-refractivity contribution in [2.24, 2.45) is 5.92 Å². The van der Waals surface area contributed by atoms with Gasteiger partial charge in [0.2, 0.25) is 0 Å². The molecule has 0 radical (unpaired) electrons. The number of unbranched alkanes of at least 4 members (excludes halogenated alkanes) is 38. The van der Waals surface area contributed by atoms with Crippen LogP contribution >= 0.6 is 0 Å². The van der Waals surface area contributed by atoms with Crippen molar-refractivity contribution in [2.45, 2.75) is 309 Å². The fraction of sp³-hybridized carbons (Fsp3) is 0.907. The van der Waals surface area contributed by atoms with Crippen LogP contribution in [0.2, 0.25) is 0 Å². The molecule has 360 valence electrons. The van der Waals surface area contributed by atoms with Gasteiger partial charge in [0.25, 0.3) is 0 Å². The normalized spacial score (nSPS) is 11.6. The van der Waals surface area contributed by atoms with E-state index in [1.807, 2.05) is 0 Å². The molecule has 0 fully saturated rings. The zero-order valence-corrected chi connectivity index (χ0v) is 40.3. The summed E-state index contributed by atoms with van der Waals surface area (Å²) in [7, 11) is 0. The van der Waals surface area contributed by atoms with Crippen molar-refractivity contribution in [3.63, 3.8) is 0 Å². The molecule has 61 heavy (non-hydrogen) atoms. The van der Waals surface area contributed by atoms with Crippen LogP contribution in [0.3, 0.4) is 0 Å². The predicted molar refractivity (Wildman–Crippen MR) is 268 cm³/mol. The van der Waals surface area contributed by atoms with Crippen molar-refractivity contribution in [3.8, 4) is 0 Å². The number of carboxylic acid groups (broad SMARTS) is 3. The van der Waals surface area contributed by atoms with Crippen molar-refractivity contribution in [2.75, 3.05) is 0 Å². The second kappa shape index (κ2) is 57.4. The fourth-order valence-electron chi connectivity index (χ4n) is 8.29. The molecule has 0 saturated heterocycles. The molecule has 0 aromatic rings. The number of allylic oxidation sites excluding steroid dienone is 2. The van der Waals surface area contributed by atoms with E-state index >= 15 is 0 Å². The Kier molecular flexibility index (Phi) is 60.9. The maximum absolute atomic E-state index is 11.7. The van der Waals surface area contributed by atoms with Gasteiger partial charge in [-0.25, -0.2) is 0 Å². The third-order valence-corrected chi connectivity index (χ3v) is 12.4. The van der Waals surface area contributed by atoms with Crippen molar-refractivity contribution in [1.82, 2.24) is 0 Å². The third-order valence-electron chi connectivity index (χ3n) is 12.4. The Morgan fingerprint density at radius 3 is 0.770 bits per heavy atom. The number of carbonyl (C=O) groups is 3. The van der Waals surface area contributed by atoms with Gasteiger partial charge in [-0.15, -0.1) is 0 Å². The summed E-state index contributed by atoms with van der Waals surface area (Å²) in [6.07, 6.45) is 60.6. The van der Waals surface area contributed by atoms with Gasteiger partial charge in [0.1, 0.15) is 0 Å². The molecule has 0 aliphatic heterocycles. The zero-order valence-electron chi connectivity index (χ0n) is 40.3. The van der Waals surface area contributed by atoms with Crippen LogP contribution in [0.5, 0.6) is 0 Å². The van der Waals surface area contributed by atoms with Crippen LogP contribution in [0.1, 0.15) is 309 Å². The summed E-state index contributed by atoms with van der Waals surface area (Å²) < 4.78 is 0. The quantitative estimate of drug-likeness (QED) is 0.0319. The topological polar surface area (TPSA) is 112 Å². The zero-order chi connectivity index (χ0) is 44.3. The molecule has 3 N–H and O–H groups in total. The van der Waals surface area contributed by atoms with E-state index in [-0.39, 0.29) is 43.7 Å². The molecule has 7 heteroatoms. The van der Waals surface area contributed by atoms with E-state index in [0.717, 1.165) is 64.2 Å². The Labute approximate surface area is 409 Å². The van der Waals surface area contributed by atoms with E-state index < -0.39 is 17.9 Å². The molecular weight excluding hydrogens is 785 g/mol. The number of hydrogen-bond donors (Lipinski definition) is 3. The summed E-state index contributed by atoms with van der Waals surface area (Å²) >= 11 is 0. The first-order valence-electron chi connectivity index (χ1n) is 26.7. The third kappa shape index (κ3) is 61.5. The molecule has 0 bridgehead atoms. The molecule has 0 spiro atoms. The minimum absolute atomic E-state index is 0. The van der Waals surface area contributed by atoms with Gasteiger partial charge in [-0.2, -0.15) is 0 Å². The number of hydrogen-bond acceptors (Lipinski definition) is 3. The molecule has 0 rings (SSSR count). The Morgan fingerprint density at radius 2 is 0.541 bits per heavy atom. The summed E-state index contributed by atoms with van der Waals surface area (Å²) in [6.45, 7) is 4.55. The molecule has 0 aliphatic carbocycles. The van der Waals surface area contributed by atoms with Crippen molar-refractivity contribution in [3.05, 3.63) is 12.2 Å². The second-order valence-electron chi connectivity index (χ2n) is 18.4. The average Bonchev–Trinajstić information content (AvgIpc) is 3.22. The van der Waals surface area contributed by atoms with Crippen LogP contribution in [-0.2, 0) is 14.4 Å². The van der Waals surface area contributed by atoms with E-state index in [9.17, 15) is 19.5 Å². The van der Waals surface area contributed by atoms with Gasteiger partial charge in [-0.1, -0.05) is 257 Å². The van der Waals surface area contributed by atoms with Gasteiger partial charge in [-0.3, -0.25) is 14.4 Å². The molecule has 0 aliphatic rings. The first-order chi connectivity index (χ1) is 29.3. The van der Waals surface area contributed by atoms with Crippen LogP contribution < -0.4 is 0 Å². The molecule has 6 nitrogen and oxygen atoms in total. The first-order valence-corrected chi connectivity index (χ1v) is 26.7. The number of carboxylic acids is 3. The summed E-state index contributed by atoms with van der Waals surface area (Å²) in [5.41, 5.74) is 0. The van der Waals surface area contributed by atoms with E-state index in [0.29, 0.717) is 12.8 Å². The molecule has 0 aromatic heterocycles. The van der Waals surface area contributed by atoms with E-state index in [4.69, 9.17) is 10.2 Å². The van der Waals surface area contributed by atoms with Crippen LogP contribution in [-0.4, -0.2) is 71.0 Å². The summed E-state index contributed by atoms with van der Waals surface area (Å²) in [6, 6.07) is 0. The van der Waals surface area contributed by atoms with Crippen LogP contribution in [0.4, 0.5) is 0 Å². The molecular formula is C54H106CaO6. The molecule has 0 amide bonds. The van der Waals surface area contributed by atoms with Gasteiger partial charge < -0.3 is 15.3 Å². The monoisotopic (exact) mass is 891 g/mol. The van der Waals surface area contributed by atoms with Crippen molar-refractivity contribution < 1.29 is 29.7 Å². The summed E-state index contributed by atoms with van der Waals surface area (Å²) in [5, 5.41) is 26.7. The fourth-order valence-corrected chi connectivity index (χ4v) is 8.29. The Balaban J connectivity index is -0.00000135. The van der Waals surface area contributed by atoms with Gasteiger partial charge in [0, 0.05) is 12.8 Å². The maximum atomic E-state index is 11.7. The second-order valence-corrected chi connectivity index (χ2v) is 18.4. The standard InChI is InChI=1S/C36H68O4.C18H36O2.Ca.2H/c1-2-3-4-5-6-7-8-9-13-16-19-22-25-28-31-34(36(39)40)32-29-26-23-20-17-14-11-10-12-15-18-21-24-27-30-33-35(37)38;1-2-3-4-5-6-7-8-9-10-11-12-13-14-15-16-17-18(19)20;;;/h10,12,34H,2-9,11,13-33H2,1H3,(H,37,38)(H,39,40);2-17H2,1H3,(H,19,20);;;/b12-10-;;;;. The first kappa shape index (κ1) is 64.7. The number of aliphatic carboxylic acids is 3. The Bertz CT molecular complexity index is 908. The predicted octanol–water partition coefficient (Wildman–Crippen LogP) is 17.5. The van der Waals surface area contributed by atoms with Gasteiger partial charge in [0.05, 0.1) is 5.92 Å². The van der Waals surface area contributed by atoms with E-state index in [2.05, 4.69) is 26.0 Å². The van der Waals surface area contributed by atoms with Gasteiger partial charge in [0.15, 0.2) is 0 Å². The van der Waals surface area contributed by atoms with Gasteiger partial charge >= 0.3 is 55.6 Å². The summed E-state index contributed by atoms with van der Waals surface area (Å²) in [5.74, 6) is -2.05. The SMILES string of the molecule is CCCCCCCCCCCCCCCCC(CCCCCCCC/C=C\CCCCCCCC(=O)O)C(=O)O.CCCCCCCCCCCCCCCCCC(=O)O.[CaH2]. The molecule has 0 saturated carbocycles. The average molecular weight is 892 g/mol. The van der Waals surface area contributed by atoms with Crippen molar-refractivity contribution >= 4 is 55.6 Å². The van der Waals surface area contributed by atoms with Crippen LogP contribution in [0.25, 0.3) is 0 Å². The van der Waals surface area contributed by atoms with E-state index in [1.165, 1.54) is 218 Å². The van der Waals surface area contributed by atoms with Gasteiger partial charge in [-0.05, 0) is 51.4 Å². The van der Waals surface area contributed by atoms with Crippen LogP contribution in [0.15, 0.2) is 12.2 Å². The van der Waals surface area contributed by atoms with Crippen LogP contribution in [0, 0.1) is 5.92 Å².